The molecule has 0 heterocycles. The van der Waals surface area contributed by atoms with Gasteiger partial charge in [-0.1, -0.05) is 19.8 Å². The van der Waals surface area contributed by atoms with Crippen molar-refractivity contribution in [2.75, 3.05) is 26.3 Å². The summed E-state index contributed by atoms with van der Waals surface area (Å²) >= 11 is 0. The highest BCUT2D eigenvalue weighted by Crippen LogP contribution is 2.28. The summed E-state index contributed by atoms with van der Waals surface area (Å²) in [4.78, 5) is 0. The van der Waals surface area contributed by atoms with E-state index in [2.05, 4.69) is 12.2 Å². The molecule has 0 spiro atoms. The SMILES string of the molecule is CCCCC(N)CNCCOCC1CC1. The first-order valence-corrected chi connectivity index (χ1v) is 6.37. The van der Waals surface area contributed by atoms with E-state index < -0.39 is 0 Å². The minimum Gasteiger partial charge on any atom is -0.380 e. The minimum atomic E-state index is 0.313. The third-order valence-corrected chi connectivity index (χ3v) is 2.81. The van der Waals surface area contributed by atoms with Gasteiger partial charge in [0, 0.05) is 25.7 Å². The zero-order valence-electron chi connectivity index (χ0n) is 10.0. The second-order valence-electron chi connectivity index (χ2n) is 4.62. The van der Waals surface area contributed by atoms with E-state index in [1.54, 1.807) is 0 Å². The van der Waals surface area contributed by atoms with Crippen LogP contribution in [0.2, 0.25) is 0 Å². The largest absolute Gasteiger partial charge is 0.380 e. The van der Waals surface area contributed by atoms with Crippen LogP contribution < -0.4 is 11.1 Å². The van der Waals surface area contributed by atoms with Gasteiger partial charge in [0.2, 0.25) is 0 Å². The number of nitrogens with one attached hydrogen (secondary N) is 1. The number of ether oxygens (including phenoxy) is 1. The number of hydrogen-bond donors (Lipinski definition) is 2. The molecule has 1 saturated carbocycles. The zero-order valence-corrected chi connectivity index (χ0v) is 10.0. The van der Waals surface area contributed by atoms with Gasteiger partial charge in [-0.2, -0.15) is 0 Å². The van der Waals surface area contributed by atoms with Gasteiger partial charge in [0.1, 0.15) is 0 Å². The summed E-state index contributed by atoms with van der Waals surface area (Å²) in [5.41, 5.74) is 5.93. The molecule has 0 radical (unpaired) electrons. The van der Waals surface area contributed by atoms with E-state index in [0.717, 1.165) is 38.6 Å². The normalized spacial score (nSPS) is 18.0. The smallest absolute Gasteiger partial charge is 0.0591 e. The van der Waals surface area contributed by atoms with Gasteiger partial charge in [-0.25, -0.2) is 0 Å². The summed E-state index contributed by atoms with van der Waals surface area (Å²) in [5.74, 6) is 0.872. The molecule has 1 aliphatic rings. The van der Waals surface area contributed by atoms with Gasteiger partial charge in [0.25, 0.3) is 0 Å². The second kappa shape index (κ2) is 8.08. The molecule has 1 aliphatic carbocycles. The molecule has 1 rings (SSSR count). The van der Waals surface area contributed by atoms with Gasteiger partial charge < -0.3 is 15.8 Å². The lowest BCUT2D eigenvalue weighted by atomic mass is 10.1. The molecule has 0 aromatic rings. The number of unbranched alkanes of at least 4 members (excludes halogenated alkanes) is 1. The Morgan fingerprint density at radius 2 is 2.27 bits per heavy atom. The lowest BCUT2D eigenvalue weighted by Crippen LogP contribution is -2.35. The third kappa shape index (κ3) is 7.77. The average Bonchev–Trinajstić information content (AvgIpc) is 3.04. The van der Waals surface area contributed by atoms with Gasteiger partial charge in [-0.15, -0.1) is 0 Å². The molecule has 0 aliphatic heterocycles. The van der Waals surface area contributed by atoms with Crippen LogP contribution in [-0.4, -0.2) is 32.3 Å². The molecule has 0 aromatic carbocycles. The molecule has 0 saturated heterocycles. The fraction of sp³-hybridized carbons (Fsp3) is 1.00. The van der Waals surface area contributed by atoms with E-state index in [1.807, 2.05) is 0 Å². The summed E-state index contributed by atoms with van der Waals surface area (Å²) in [6, 6.07) is 0.313. The molecular weight excluding hydrogens is 188 g/mol. The van der Waals surface area contributed by atoms with Crippen LogP contribution in [0.4, 0.5) is 0 Å². The summed E-state index contributed by atoms with van der Waals surface area (Å²) in [6.07, 6.45) is 6.34. The first kappa shape index (κ1) is 12.9. The fourth-order valence-electron chi connectivity index (χ4n) is 1.53. The van der Waals surface area contributed by atoms with Crippen LogP contribution in [0, 0.1) is 5.92 Å². The van der Waals surface area contributed by atoms with E-state index in [9.17, 15) is 0 Å². The first-order chi connectivity index (χ1) is 7.33. The molecule has 3 nitrogen and oxygen atoms in total. The Kier molecular flexibility index (Phi) is 6.98. The number of nitrogens with two attached hydrogens (primary N) is 1. The topological polar surface area (TPSA) is 47.3 Å². The predicted molar refractivity (Wildman–Crippen MR) is 63.9 cm³/mol. The minimum absolute atomic E-state index is 0.313. The van der Waals surface area contributed by atoms with Gasteiger partial charge in [-0.05, 0) is 25.2 Å². The van der Waals surface area contributed by atoms with Gasteiger partial charge >= 0.3 is 0 Å². The Morgan fingerprint density at radius 3 is 2.93 bits per heavy atom. The van der Waals surface area contributed by atoms with Crippen LogP contribution in [0.15, 0.2) is 0 Å². The second-order valence-corrected chi connectivity index (χ2v) is 4.62. The Balaban J connectivity index is 1.74. The molecule has 90 valence electrons. The highest BCUT2D eigenvalue weighted by molar-refractivity contribution is 4.72. The van der Waals surface area contributed by atoms with E-state index in [4.69, 9.17) is 10.5 Å². The van der Waals surface area contributed by atoms with Crippen molar-refractivity contribution in [3.8, 4) is 0 Å². The van der Waals surface area contributed by atoms with E-state index >= 15 is 0 Å². The molecule has 0 amide bonds. The van der Waals surface area contributed by atoms with Crippen molar-refractivity contribution in [3.63, 3.8) is 0 Å². The van der Waals surface area contributed by atoms with Crippen LogP contribution in [-0.2, 0) is 4.74 Å². The molecule has 1 unspecified atom stereocenters. The lowest BCUT2D eigenvalue weighted by Gasteiger charge is -2.12. The molecule has 3 N–H and O–H groups in total. The quantitative estimate of drug-likeness (QED) is 0.542. The highest BCUT2D eigenvalue weighted by Gasteiger charge is 2.20. The monoisotopic (exact) mass is 214 g/mol. The maximum atomic E-state index is 5.93. The molecular formula is C12H26N2O. The molecule has 0 aromatic heterocycles. The standard InChI is InChI=1S/C12H26N2O/c1-2-3-4-12(13)9-14-7-8-15-10-11-5-6-11/h11-12,14H,2-10,13H2,1H3. The molecule has 3 heteroatoms. The summed E-state index contributed by atoms with van der Waals surface area (Å²) < 4.78 is 5.52. The summed E-state index contributed by atoms with van der Waals surface area (Å²) in [7, 11) is 0. The third-order valence-electron chi connectivity index (χ3n) is 2.81. The maximum absolute atomic E-state index is 5.93. The van der Waals surface area contributed by atoms with Gasteiger partial charge in [-0.3, -0.25) is 0 Å². The summed E-state index contributed by atoms with van der Waals surface area (Å²) in [5, 5.41) is 3.34. The van der Waals surface area contributed by atoms with Crippen LogP contribution >= 0.6 is 0 Å². The van der Waals surface area contributed by atoms with Crippen molar-refractivity contribution < 1.29 is 4.74 Å². The van der Waals surface area contributed by atoms with Crippen molar-refractivity contribution in [1.29, 1.82) is 0 Å². The zero-order chi connectivity index (χ0) is 10.9. The predicted octanol–water partition coefficient (Wildman–Crippen LogP) is 1.52. The molecule has 15 heavy (non-hydrogen) atoms. The average molecular weight is 214 g/mol. The molecule has 1 atom stereocenters. The van der Waals surface area contributed by atoms with Crippen LogP contribution in [0.1, 0.15) is 39.0 Å². The fourth-order valence-corrected chi connectivity index (χ4v) is 1.53. The van der Waals surface area contributed by atoms with Crippen molar-refractivity contribution in [2.45, 2.75) is 45.1 Å². The van der Waals surface area contributed by atoms with E-state index in [0.29, 0.717) is 6.04 Å². The summed E-state index contributed by atoms with van der Waals surface area (Å²) in [6.45, 7) is 5.85. The van der Waals surface area contributed by atoms with Gasteiger partial charge in [0.05, 0.1) is 6.61 Å². The van der Waals surface area contributed by atoms with Crippen molar-refractivity contribution in [1.82, 2.24) is 5.32 Å². The molecule has 0 bridgehead atoms. The Bertz CT molecular complexity index is 149. The van der Waals surface area contributed by atoms with Crippen molar-refractivity contribution in [2.24, 2.45) is 11.7 Å². The van der Waals surface area contributed by atoms with E-state index in [1.165, 1.54) is 25.7 Å². The van der Waals surface area contributed by atoms with Gasteiger partial charge in [0.15, 0.2) is 0 Å². The van der Waals surface area contributed by atoms with Crippen LogP contribution in [0.5, 0.6) is 0 Å². The van der Waals surface area contributed by atoms with Crippen molar-refractivity contribution >= 4 is 0 Å². The van der Waals surface area contributed by atoms with Crippen LogP contribution in [0.25, 0.3) is 0 Å². The molecule has 1 fully saturated rings. The van der Waals surface area contributed by atoms with Crippen LogP contribution in [0.3, 0.4) is 0 Å². The van der Waals surface area contributed by atoms with Crippen molar-refractivity contribution in [3.05, 3.63) is 0 Å². The lowest BCUT2D eigenvalue weighted by molar-refractivity contribution is 0.126. The Morgan fingerprint density at radius 1 is 1.47 bits per heavy atom. The highest BCUT2D eigenvalue weighted by atomic mass is 16.5. The maximum Gasteiger partial charge on any atom is 0.0591 e. The number of rotatable bonds is 10. The first-order valence-electron chi connectivity index (χ1n) is 6.37. The Labute approximate surface area is 93.8 Å². The Hall–Kier alpha value is -0.120. The van der Waals surface area contributed by atoms with E-state index in [-0.39, 0.29) is 0 Å². The number of hydrogen-bond acceptors (Lipinski definition) is 3.